The lowest BCUT2D eigenvalue weighted by Crippen LogP contribution is -2.67. The van der Waals surface area contributed by atoms with E-state index in [2.05, 4.69) is 25.3 Å². The first-order chi connectivity index (χ1) is 11.3. The Morgan fingerprint density at radius 2 is 1.87 bits per heavy atom. The van der Waals surface area contributed by atoms with Crippen LogP contribution >= 0.6 is 0 Å². The minimum Gasteiger partial charge on any atom is -0.353 e. The molecule has 0 radical (unpaired) electrons. The Hall–Kier alpha value is -2.54. The summed E-state index contributed by atoms with van der Waals surface area (Å²) in [5.41, 5.74) is 1.66. The van der Waals surface area contributed by atoms with Gasteiger partial charge in [-0.05, 0) is 30.7 Å². The maximum absolute atomic E-state index is 13.2. The van der Waals surface area contributed by atoms with Gasteiger partial charge in [0.25, 0.3) is 5.78 Å². The molecular formula is C16H15FN6. The summed E-state index contributed by atoms with van der Waals surface area (Å²) in [5, 5.41) is 7.83. The van der Waals surface area contributed by atoms with Crippen molar-refractivity contribution in [3.63, 3.8) is 0 Å². The van der Waals surface area contributed by atoms with Crippen molar-refractivity contribution < 1.29 is 4.39 Å². The molecular weight excluding hydrogens is 295 g/mol. The van der Waals surface area contributed by atoms with Crippen LogP contribution in [-0.2, 0) is 0 Å². The van der Waals surface area contributed by atoms with Crippen molar-refractivity contribution in [2.24, 2.45) is 0 Å². The molecule has 3 aliphatic rings. The smallest absolute Gasteiger partial charge is 0.254 e. The van der Waals surface area contributed by atoms with Crippen LogP contribution in [0.15, 0.2) is 36.7 Å². The number of fused-ring (bicyclic) bond motifs is 3. The lowest BCUT2D eigenvalue weighted by atomic mass is 9.91. The Labute approximate surface area is 132 Å². The second kappa shape index (κ2) is 4.73. The minimum absolute atomic E-state index is 0.250. The third-order valence-corrected chi connectivity index (χ3v) is 4.62. The molecule has 3 aliphatic heterocycles. The van der Waals surface area contributed by atoms with Gasteiger partial charge in [-0.15, -0.1) is 0 Å². The number of nitrogens with zero attached hydrogens (tertiary/aromatic N) is 5. The Kier molecular flexibility index (Phi) is 2.66. The van der Waals surface area contributed by atoms with Crippen LogP contribution in [0.25, 0.3) is 17.0 Å². The average Bonchev–Trinajstić information content (AvgIpc) is 3.02. The van der Waals surface area contributed by atoms with Crippen molar-refractivity contribution in [3.8, 4) is 11.3 Å². The third kappa shape index (κ3) is 2.08. The zero-order valence-corrected chi connectivity index (χ0v) is 12.4. The zero-order chi connectivity index (χ0) is 15.4. The van der Waals surface area contributed by atoms with Crippen molar-refractivity contribution in [2.45, 2.75) is 18.5 Å². The fourth-order valence-corrected chi connectivity index (χ4v) is 3.49. The predicted molar refractivity (Wildman–Crippen MR) is 83.7 cm³/mol. The molecule has 23 heavy (non-hydrogen) atoms. The lowest BCUT2D eigenvalue weighted by molar-refractivity contribution is 0.224. The molecule has 7 heteroatoms. The van der Waals surface area contributed by atoms with Crippen LogP contribution in [0.2, 0.25) is 0 Å². The van der Waals surface area contributed by atoms with E-state index in [0.29, 0.717) is 17.9 Å². The topological polar surface area (TPSA) is 58.4 Å². The van der Waals surface area contributed by atoms with Gasteiger partial charge in [-0.3, -0.25) is 0 Å². The van der Waals surface area contributed by atoms with Crippen LogP contribution in [0, 0.1) is 5.82 Å². The van der Waals surface area contributed by atoms with E-state index in [9.17, 15) is 4.39 Å². The molecule has 0 amide bonds. The number of halogens is 1. The van der Waals surface area contributed by atoms with Crippen LogP contribution in [0.3, 0.4) is 0 Å². The summed E-state index contributed by atoms with van der Waals surface area (Å²) in [7, 11) is 0. The minimum atomic E-state index is -0.250. The van der Waals surface area contributed by atoms with Crippen LogP contribution in [0.4, 0.5) is 10.2 Å². The molecule has 0 spiro atoms. The van der Waals surface area contributed by atoms with E-state index in [1.807, 2.05) is 6.07 Å². The van der Waals surface area contributed by atoms with Crippen LogP contribution in [-0.4, -0.2) is 44.8 Å². The van der Waals surface area contributed by atoms with Gasteiger partial charge in [0, 0.05) is 36.8 Å². The maximum atomic E-state index is 13.2. The van der Waals surface area contributed by atoms with Crippen molar-refractivity contribution in [3.05, 3.63) is 42.5 Å². The highest BCUT2D eigenvalue weighted by Gasteiger charge is 2.37. The van der Waals surface area contributed by atoms with Crippen LogP contribution < -0.4 is 10.2 Å². The molecule has 0 saturated carbocycles. The standard InChI is InChI=1S/C16H15FN6/c17-11-3-1-10(2-4-11)14-6-15(23-16(21-14)18-9-19-23)22-7-12-5-13(8-22)20-12/h1-4,6,9,12-13,20H,5,7-8H2. The monoisotopic (exact) mass is 310 g/mol. The molecule has 1 N–H and O–H groups in total. The van der Waals surface area contributed by atoms with Gasteiger partial charge in [0.05, 0.1) is 5.69 Å². The second-order valence-electron chi connectivity index (χ2n) is 6.18. The average molecular weight is 310 g/mol. The highest BCUT2D eigenvalue weighted by atomic mass is 19.1. The maximum Gasteiger partial charge on any atom is 0.254 e. The van der Waals surface area contributed by atoms with Crippen LogP contribution in [0.5, 0.6) is 0 Å². The molecule has 2 bridgehead atoms. The Morgan fingerprint density at radius 3 is 2.61 bits per heavy atom. The molecule has 2 atom stereocenters. The first kappa shape index (κ1) is 13.0. The van der Waals surface area contributed by atoms with E-state index in [1.54, 1.807) is 16.6 Å². The number of hydrogen-bond donors (Lipinski definition) is 1. The molecule has 1 aromatic carbocycles. The van der Waals surface area contributed by atoms with Crippen molar-refractivity contribution in [1.29, 1.82) is 0 Å². The Balaban J connectivity index is 1.62. The summed E-state index contributed by atoms with van der Waals surface area (Å²) in [6.45, 7) is 1.91. The van der Waals surface area contributed by atoms with Crippen molar-refractivity contribution in [1.82, 2.24) is 24.9 Å². The first-order valence-electron chi connectivity index (χ1n) is 7.74. The van der Waals surface area contributed by atoms with Crippen LogP contribution in [0.1, 0.15) is 6.42 Å². The number of nitrogens with one attached hydrogen (secondary N) is 1. The Bertz CT molecular complexity index is 858. The molecule has 5 heterocycles. The molecule has 3 aromatic rings. The van der Waals surface area contributed by atoms with Gasteiger partial charge >= 0.3 is 0 Å². The van der Waals surface area contributed by atoms with Gasteiger partial charge in [0.15, 0.2) is 0 Å². The molecule has 3 fully saturated rings. The summed E-state index contributed by atoms with van der Waals surface area (Å²) in [4.78, 5) is 11.1. The quantitative estimate of drug-likeness (QED) is 0.777. The largest absolute Gasteiger partial charge is 0.353 e. The number of benzene rings is 1. The van der Waals surface area contributed by atoms with Gasteiger partial charge in [-0.1, -0.05) is 0 Å². The van der Waals surface area contributed by atoms with Gasteiger partial charge in [-0.25, -0.2) is 9.37 Å². The Morgan fingerprint density at radius 1 is 1.13 bits per heavy atom. The van der Waals surface area contributed by atoms with Crippen molar-refractivity contribution in [2.75, 3.05) is 18.0 Å². The number of hydrogen-bond acceptors (Lipinski definition) is 5. The van der Waals surface area contributed by atoms with E-state index in [4.69, 9.17) is 0 Å². The molecule has 6 nitrogen and oxygen atoms in total. The molecule has 0 aliphatic carbocycles. The summed E-state index contributed by atoms with van der Waals surface area (Å²) in [6.07, 6.45) is 2.76. The van der Waals surface area contributed by atoms with E-state index in [1.165, 1.54) is 24.9 Å². The van der Waals surface area contributed by atoms with E-state index >= 15 is 0 Å². The second-order valence-corrected chi connectivity index (χ2v) is 6.18. The number of anilines is 1. The summed E-state index contributed by atoms with van der Waals surface area (Å²) >= 11 is 0. The normalized spacial score (nSPS) is 23.1. The van der Waals surface area contributed by atoms with Gasteiger partial charge < -0.3 is 10.2 Å². The van der Waals surface area contributed by atoms with Gasteiger partial charge in [-0.2, -0.15) is 14.6 Å². The van der Waals surface area contributed by atoms with E-state index in [-0.39, 0.29) is 5.82 Å². The van der Waals surface area contributed by atoms with E-state index in [0.717, 1.165) is 30.2 Å². The molecule has 116 valence electrons. The van der Waals surface area contributed by atoms with Gasteiger partial charge in [0.1, 0.15) is 18.0 Å². The molecule has 6 rings (SSSR count). The number of piperidine rings is 1. The van der Waals surface area contributed by atoms with Crippen molar-refractivity contribution >= 4 is 11.6 Å². The molecule has 2 unspecified atom stereocenters. The van der Waals surface area contributed by atoms with Gasteiger partial charge in [0.2, 0.25) is 0 Å². The predicted octanol–water partition coefficient (Wildman–Crippen LogP) is 1.48. The van der Waals surface area contributed by atoms with E-state index < -0.39 is 0 Å². The number of aromatic nitrogens is 4. The fraction of sp³-hybridized carbons (Fsp3) is 0.312. The summed E-state index contributed by atoms with van der Waals surface area (Å²) in [5.74, 6) is 1.30. The SMILES string of the molecule is Fc1ccc(-c2cc(N3CC4CC(C3)N4)n3ncnc3n2)cc1. The molecule has 2 aromatic heterocycles. The first-order valence-corrected chi connectivity index (χ1v) is 7.74. The fourth-order valence-electron chi connectivity index (χ4n) is 3.49. The molecule has 3 saturated heterocycles. The third-order valence-electron chi connectivity index (χ3n) is 4.62. The highest BCUT2D eigenvalue weighted by Crippen LogP contribution is 2.29. The summed E-state index contributed by atoms with van der Waals surface area (Å²) < 4.78 is 14.9. The zero-order valence-electron chi connectivity index (χ0n) is 12.4. The lowest BCUT2D eigenvalue weighted by Gasteiger charge is -2.49. The summed E-state index contributed by atoms with van der Waals surface area (Å²) in [6, 6.07) is 9.49. The number of rotatable bonds is 2. The number of piperazine rings is 1. The highest BCUT2D eigenvalue weighted by molar-refractivity contribution is 5.66.